The van der Waals surface area contributed by atoms with Gasteiger partial charge in [-0.25, -0.2) is 0 Å². The standard InChI is InChI=1S/C14H28N2O/c1-10(2)7-13(9-15)14(17)16-6-5-11(3)8-12(16)4/h10-13H,5-9,15H2,1-4H3. The van der Waals surface area contributed by atoms with Crippen LogP contribution in [0.2, 0.25) is 0 Å². The fourth-order valence-electron chi connectivity index (χ4n) is 2.84. The van der Waals surface area contributed by atoms with E-state index in [1.54, 1.807) is 0 Å². The number of amides is 1. The Hall–Kier alpha value is -0.570. The second-order valence-electron chi connectivity index (χ2n) is 6.07. The van der Waals surface area contributed by atoms with Crippen LogP contribution >= 0.6 is 0 Å². The van der Waals surface area contributed by atoms with Crippen molar-refractivity contribution in [2.45, 2.75) is 53.0 Å². The van der Waals surface area contributed by atoms with Gasteiger partial charge < -0.3 is 10.6 Å². The Morgan fingerprint density at radius 2 is 2.06 bits per heavy atom. The molecule has 1 rings (SSSR count). The highest BCUT2D eigenvalue weighted by atomic mass is 16.2. The van der Waals surface area contributed by atoms with Gasteiger partial charge >= 0.3 is 0 Å². The molecule has 1 aliphatic rings. The lowest BCUT2D eigenvalue weighted by Gasteiger charge is -2.38. The van der Waals surface area contributed by atoms with Gasteiger partial charge in [-0.15, -0.1) is 0 Å². The Balaban J connectivity index is 2.60. The zero-order valence-corrected chi connectivity index (χ0v) is 11.8. The second kappa shape index (κ2) is 6.39. The van der Waals surface area contributed by atoms with Crippen molar-refractivity contribution in [1.29, 1.82) is 0 Å². The molecule has 1 saturated heterocycles. The van der Waals surface area contributed by atoms with E-state index in [2.05, 4.69) is 32.6 Å². The number of hydrogen-bond donors (Lipinski definition) is 1. The molecule has 0 bridgehead atoms. The van der Waals surface area contributed by atoms with Crippen molar-refractivity contribution in [3.63, 3.8) is 0 Å². The van der Waals surface area contributed by atoms with Crippen LogP contribution < -0.4 is 5.73 Å². The number of likely N-dealkylation sites (tertiary alicyclic amines) is 1. The van der Waals surface area contributed by atoms with E-state index in [1.807, 2.05) is 0 Å². The van der Waals surface area contributed by atoms with Gasteiger partial charge in [0.1, 0.15) is 0 Å². The van der Waals surface area contributed by atoms with Gasteiger partial charge in [0.25, 0.3) is 0 Å². The maximum atomic E-state index is 12.4. The van der Waals surface area contributed by atoms with E-state index in [0.29, 0.717) is 18.5 Å². The molecule has 0 aromatic rings. The minimum atomic E-state index is 0.0193. The van der Waals surface area contributed by atoms with Gasteiger partial charge in [0.2, 0.25) is 5.91 Å². The Bertz CT molecular complexity index is 253. The highest BCUT2D eigenvalue weighted by Gasteiger charge is 2.30. The van der Waals surface area contributed by atoms with E-state index in [1.165, 1.54) is 0 Å². The van der Waals surface area contributed by atoms with E-state index in [4.69, 9.17) is 5.73 Å². The monoisotopic (exact) mass is 240 g/mol. The largest absolute Gasteiger partial charge is 0.340 e. The fourth-order valence-corrected chi connectivity index (χ4v) is 2.84. The summed E-state index contributed by atoms with van der Waals surface area (Å²) in [6.45, 7) is 10.1. The van der Waals surface area contributed by atoms with Crippen LogP contribution in [0, 0.1) is 17.8 Å². The van der Waals surface area contributed by atoms with Crippen LogP contribution in [0.4, 0.5) is 0 Å². The minimum Gasteiger partial charge on any atom is -0.340 e. The predicted molar refractivity (Wildman–Crippen MR) is 71.6 cm³/mol. The first kappa shape index (κ1) is 14.5. The SMILES string of the molecule is CC(C)CC(CN)C(=O)N1CCC(C)CC1C. The molecule has 0 radical (unpaired) electrons. The maximum absolute atomic E-state index is 12.4. The lowest BCUT2D eigenvalue weighted by molar-refractivity contribution is -0.139. The highest BCUT2D eigenvalue weighted by molar-refractivity contribution is 5.79. The average Bonchev–Trinajstić information content (AvgIpc) is 2.24. The molecule has 100 valence electrons. The summed E-state index contributed by atoms with van der Waals surface area (Å²) in [5.41, 5.74) is 5.75. The minimum absolute atomic E-state index is 0.0193. The normalized spacial score (nSPS) is 27.3. The molecule has 0 aromatic heterocycles. The summed E-state index contributed by atoms with van der Waals surface area (Å²) < 4.78 is 0. The molecule has 1 fully saturated rings. The Kier molecular flexibility index (Phi) is 5.44. The van der Waals surface area contributed by atoms with Crippen molar-refractivity contribution in [2.24, 2.45) is 23.5 Å². The molecule has 0 saturated carbocycles. The molecule has 3 nitrogen and oxygen atoms in total. The maximum Gasteiger partial charge on any atom is 0.227 e. The van der Waals surface area contributed by atoms with Gasteiger partial charge in [-0.3, -0.25) is 4.79 Å². The molecule has 3 unspecified atom stereocenters. The summed E-state index contributed by atoms with van der Waals surface area (Å²) in [6.07, 6.45) is 3.17. The molecule has 0 spiro atoms. The van der Waals surface area contributed by atoms with E-state index >= 15 is 0 Å². The average molecular weight is 240 g/mol. The number of nitrogens with two attached hydrogens (primary N) is 1. The zero-order chi connectivity index (χ0) is 13.0. The molecular formula is C14H28N2O. The van der Waals surface area contributed by atoms with Crippen LogP contribution in [0.15, 0.2) is 0 Å². The number of nitrogens with zero attached hydrogens (tertiary/aromatic N) is 1. The van der Waals surface area contributed by atoms with Crippen molar-refractivity contribution < 1.29 is 4.79 Å². The van der Waals surface area contributed by atoms with E-state index in [0.717, 1.165) is 31.7 Å². The first-order chi connectivity index (χ1) is 7.95. The molecule has 0 aliphatic carbocycles. The molecule has 1 heterocycles. The second-order valence-corrected chi connectivity index (χ2v) is 6.07. The molecule has 3 heteroatoms. The molecule has 1 amide bonds. The van der Waals surface area contributed by atoms with E-state index < -0.39 is 0 Å². The van der Waals surface area contributed by atoms with Crippen LogP contribution in [0.3, 0.4) is 0 Å². The van der Waals surface area contributed by atoms with Crippen LogP contribution in [0.5, 0.6) is 0 Å². The molecule has 3 atom stereocenters. The van der Waals surface area contributed by atoms with Crippen LogP contribution in [-0.2, 0) is 4.79 Å². The summed E-state index contributed by atoms with van der Waals surface area (Å²) in [7, 11) is 0. The smallest absolute Gasteiger partial charge is 0.227 e. The summed E-state index contributed by atoms with van der Waals surface area (Å²) >= 11 is 0. The van der Waals surface area contributed by atoms with Crippen molar-refractivity contribution in [3.05, 3.63) is 0 Å². The van der Waals surface area contributed by atoms with Crippen molar-refractivity contribution in [2.75, 3.05) is 13.1 Å². The van der Waals surface area contributed by atoms with Gasteiger partial charge in [-0.2, -0.15) is 0 Å². The Morgan fingerprint density at radius 3 is 2.53 bits per heavy atom. The highest BCUT2D eigenvalue weighted by Crippen LogP contribution is 2.25. The number of piperidine rings is 1. The van der Waals surface area contributed by atoms with E-state index in [-0.39, 0.29) is 11.8 Å². The summed E-state index contributed by atoms with van der Waals surface area (Å²) in [5, 5.41) is 0. The molecule has 0 aromatic carbocycles. The fraction of sp³-hybridized carbons (Fsp3) is 0.929. The van der Waals surface area contributed by atoms with Crippen LogP contribution in [0.1, 0.15) is 47.0 Å². The zero-order valence-electron chi connectivity index (χ0n) is 11.8. The Morgan fingerprint density at radius 1 is 1.41 bits per heavy atom. The van der Waals surface area contributed by atoms with Gasteiger partial charge in [-0.05, 0) is 38.0 Å². The topological polar surface area (TPSA) is 46.3 Å². The lowest BCUT2D eigenvalue weighted by Crippen LogP contribution is -2.48. The summed E-state index contributed by atoms with van der Waals surface area (Å²) in [6, 6.07) is 0.382. The van der Waals surface area contributed by atoms with Gasteiger partial charge in [-0.1, -0.05) is 20.8 Å². The van der Waals surface area contributed by atoms with Crippen molar-refractivity contribution >= 4 is 5.91 Å². The number of hydrogen-bond acceptors (Lipinski definition) is 2. The van der Waals surface area contributed by atoms with Gasteiger partial charge in [0, 0.05) is 19.1 Å². The third-order valence-corrected chi connectivity index (χ3v) is 3.81. The van der Waals surface area contributed by atoms with E-state index in [9.17, 15) is 4.79 Å². The molecule has 2 N–H and O–H groups in total. The molecule has 1 aliphatic heterocycles. The third-order valence-electron chi connectivity index (χ3n) is 3.81. The predicted octanol–water partition coefficient (Wildman–Crippen LogP) is 2.25. The first-order valence-corrected chi connectivity index (χ1v) is 6.96. The van der Waals surface area contributed by atoms with Crippen LogP contribution in [-0.4, -0.2) is 29.9 Å². The van der Waals surface area contributed by atoms with Crippen molar-refractivity contribution in [3.8, 4) is 0 Å². The third kappa shape index (κ3) is 3.98. The first-order valence-electron chi connectivity index (χ1n) is 6.96. The number of carbonyl (C=O) groups excluding carboxylic acids is 1. The quantitative estimate of drug-likeness (QED) is 0.819. The molecular weight excluding hydrogens is 212 g/mol. The van der Waals surface area contributed by atoms with Crippen molar-refractivity contribution in [1.82, 2.24) is 4.90 Å². The van der Waals surface area contributed by atoms with Crippen LogP contribution in [0.25, 0.3) is 0 Å². The number of carbonyl (C=O) groups is 1. The number of rotatable bonds is 4. The summed E-state index contributed by atoms with van der Waals surface area (Å²) in [5.74, 6) is 1.58. The summed E-state index contributed by atoms with van der Waals surface area (Å²) in [4.78, 5) is 14.5. The molecule has 17 heavy (non-hydrogen) atoms. The van der Waals surface area contributed by atoms with Gasteiger partial charge in [0.15, 0.2) is 0 Å². The lowest BCUT2D eigenvalue weighted by atomic mass is 9.90. The Labute approximate surface area is 106 Å². The van der Waals surface area contributed by atoms with Gasteiger partial charge in [0.05, 0.1) is 5.92 Å².